The third kappa shape index (κ3) is 2.41. The Morgan fingerprint density at radius 2 is 1.84 bits per heavy atom. The van der Waals surface area contributed by atoms with E-state index in [1.54, 1.807) is 30.3 Å². The number of hydrogen-bond donors (Lipinski definition) is 0. The first-order chi connectivity index (χ1) is 12.0. The van der Waals surface area contributed by atoms with Crippen LogP contribution < -0.4 is 4.90 Å². The lowest BCUT2D eigenvalue weighted by Crippen LogP contribution is -2.40. The summed E-state index contributed by atoms with van der Waals surface area (Å²) in [7, 11) is 0. The molecule has 2 aromatic rings. The molecule has 1 atom stereocenters. The zero-order chi connectivity index (χ0) is 17.6. The van der Waals surface area contributed by atoms with Gasteiger partial charge in [-0.15, -0.1) is 0 Å². The lowest BCUT2D eigenvalue weighted by Gasteiger charge is -2.19. The number of oxime groups is 1. The van der Waals surface area contributed by atoms with E-state index >= 15 is 0 Å². The molecule has 0 radical (unpaired) electrons. The maximum absolute atomic E-state index is 14.1. The third-order valence-electron chi connectivity index (χ3n) is 4.33. The fraction of sp³-hybridized carbons (Fsp3) is 0.167. The van der Waals surface area contributed by atoms with Gasteiger partial charge in [0.2, 0.25) is 11.5 Å². The van der Waals surface area contributed by atoms with E-state index in [0.717, 1.165) is 4.90 Å². The smallest absolute Gasteiger partial charge is 0.281 e. The van der Waals surface area contributed by atoms with Crippen molar-refractivity contribution in [1.29, 1.82) is 0 Å². The number of nitrogens with zero attached hydrogens (tertiary/aromatic N) is 2. The lowest BCUT2D eigenvalue weighted by atomic mass is 9.92. The van der Waals surface area contributed by atoms with Crippen molar-refractivity contribution in [2.24, 2.45) is 5.16 Å². The van der Waals surface area contributed by atoms with Crippen LogP contribution in [0, 0.1) is 5.82 Å². The van der Waals surface area contributed by atoms with Crippen LogP contribution in [-0.2, 0) is 14.4 Å². The van der Waals surface area contributed by atoms with Crippen molar-refractivity contribution in [2.75, 3.05) is 4.90 Å². The van der Waals surface area contributed by atoms with Gasteiger partial charge in [0.05, 0.1) is 28.4 Å². The minimum absolute atomic E-state index is 0.0123. The summed E-state index contributed by atoms with van der Waals surface area (Å²) in [6, 6.07) is 12.9. The van der Waals surface area contributed by atoms with Crippen LogP contribution in [0.2, 0.25) is 5.02 Å². The van der Waals surface area contributed by atoms with Gasteiger partial charge >= 0.3 is 0 Å². The number of amides is 2. The average molecular weight is 359 g/mol. The summed E-state index contributed by atoms with van der Waals surface area (Å²) in [5.74, 6) is -1.44. The summed E-state index contributed by atoms with van der Waals surface area (Å²) in [6.07, 6.45) is -0.165. The highest BCUT2D eigenvalue weighted by molar-refractivity contribution is 6.35. The van der Waals surface area contributed by atoms with Crippen molar-refractivity contribution in [3.05, 3.63) is 64.9 Å². The van der Waals surface area contributed by atoms with Crippen molar-refractivity contribution in [3.8, 4) is 0 Å². The molecule has 0 aliphatic carbocycles. The number of anilines is 1. The topological polar surface area (TPSA) is 59.0 Å². The Morgan fingerprint density at radius 1 is 1.08 bits per heavy atom. The highest BCUT2D eigenvalue weighted by atomic mass is 35.5. The van der Waals surface area contributed by atoms with Crippen LogP contribution in [0.1, 0.15) is 18.4 Å². The Kier molecular flexibility index (Phi) is 3.58. The van der Waals surface area contributed by atoms with E-state index in [4.69, 9.17) is 16.4 Å². The first-order valence-corrected chi connectivity index (χ1v) is 8.01. The van der Waals surface area contributed by atoms with Crippen molar-refractivity contribution >= 4 is 34.8 Å². The number of imide groups is 1. The molecule has 25 heavy (non-hydrogen) atoms. The fourth-order valence-corrected chi connectivity index (χ4v) is 3.42. The highest BCUT2D eigenvalue weighted by Crippen LogP contribution is 2.40. The molecule has 2 heterocycles. The molecule has 4 rings (SSSR count). The molecular weight excluding hydrogens is 347 g/mol. The van der Waals surface area contributed by atoms with Crippen LogP contribution in [0.15, 0.2) is 53.7 Å². The van der Waals surface area contributed by atoms with E-state index in [1.807, 2.05) is 0 Å². The predicted octanol–water partition coefficient (Wildman–Crippen LogP) is 3.31. The zero-order valence-corrected chi connectivity index (χ0v) is 13.7. The van der Waals surface area contributed by atoms with Gasteiger partial charge in [0, 0.05) is 6.42 Å². The standard InChI is InChI=1S/C18H12ClFN2O3/c19-12-7-4-8-13(20)16(12)14-9-18(25-21-14)10-15(23)22(17(18)24)11-5-2-1-3-6-11/h1-8H,9-10H2/t18-/m0/s1. The summed E-state index contributed by atoms with van der Waals surface area (Å²) >= 11 is 6.06. The number of para-hydroxylation sites is 1. The number of hydrogen-bond acceptors (Lipinski definition) is 4. The lowest BCUT2D eigenvalue weighted by molar-refractivity contribution is -0.136. The summed E-state index contributed by atoms with van der Waals surface area (Å²) in [4.78, 5) is 31.7. The largest absolute Gasteiger partial charge is 0.378 e. The molecule has 0 bridgehead atoms. The molecule has 0 N–H and O–H groups in total. The van der Waals surface area contributed by atoms with Gasteiger partial charge in [-0.25, -0.2) is 9.29 Å². The second-order valence-electron chi connectivity index (χ2n) is 5.94. The highest BCUT2D eigenvalue weighted by Gasteiger charge is 2.58. The van der Waals surface area contributed by atoms with Crippen molar-refractivity contribution in [3.63, 3.8) is 0 Å². The van der Waals surface area contributed by atoms with E-state index in [1.165, 1.54) is 18.2 Å². The normalized spacial score (nSPS) is 22.5. The van der Waals surface area contributed by atoms with E-state index in [-0.39, 0.29) is 35.0 Å². The first-order valence-electron chi connectivity index (χ1n) is 7.64. The van der Waals surface area contributed by atoms with Gasteiger partial charge in [0.1, 0.15) is 5.82 Å². The van der Waals surface area contributed by atoms with Crippen LogP contribution in [0.3, 0.4) is 0 Å². The number of carbonyl (C=O) groups is 2. The van der Waals surface area contributed by atoms with Crippen molar-refractivity contribution in [2.45, 2.75) is 18.4 Å². The molecule has 1 spiro atoms. The van der Waals surface area contributed by atoms with Gasteiger partial charge in [0.15, 0.2) is 0 Å². The summed E-state index contributed by atoms with van der Waals surface area (Å²) in [6.45, 7) is 0. The van der Waals surface area contributed by atoms with Crippen LogP contribution >= 0.6 is 11.6 Å². The Bertz CT molecular complexity index is 896. The van der Waals surface area contributed by atoms with Crippen LogP contribution in [0.5, 0.6) is 0 Å². The molecule has 2 aliphatic heterocycles. The molecule has 1 fully saturated rings. The van der Waals surface area contributed by atoms with E-state index in [9.17, 15) is 14.0 Å². The van der Waals surface area contributed by atoms with Gasteiger partial charge in [-0.1, -0.05) is 41.0 Å². The van der Waals surface area contributed by atoms with Gasteiger partial charge in [-0.05, 0) is 24.3 Å². The van der Waals surface area contributed by atoms with Crippen LogP contribution in [0.4, 0.5) is 10.1 Å². The molecule has 2 aromatic carbocycles. The fourth-order valence-electron chi connectivity index (χ4n) is 3.15. The molecule has 2 aliphatic rings. The van der Waals surface area contributed by atoms with Crippen molar-refractivity contribution < 1.29 is 18.8 Å². The zero-order valence-electron chi connectivity index (χ0n) is 12.9. The molecule has 0 unspecified atom stereocenters. The maximum Gasteiger partial charge on any atom is 0.281 e. The number of carbonyl (C=O) groups excluding carboxylic acids is 2. The molecule has 0 saturated carbocycles. The van der Waals surface area contributed by atoms with E-state index < -0.39 is 17.3 Å². The van der Waals surface area contributed by atoms with Gasteiger partial charge < -0.3 is 4.84 Å². The Hall–Kier alpha value is -2.73. The molecule has 7 heteroatoms. The van der Waals surface area contributed by atoms with E-state index in [0.29, 0.717) is 5.69 Å². The summed E-state index contributed by atoms with van der Waals surface area (Å²) in [5, 5.41) is 4.05. The molecule has 0 aromatic heterocycles. The second kappa shape index (κ2) is 5.67. The molecular formula is C18H12ClFN2O3. The Morgan fingerprint density at radius 3 is 2.56 bits per heavy atom. The third-order valence-corrected chi connectivity index (χ3v) is 4.64. The number of rotatable bonds is 2. The minimum Gasteiger partial charge on any atom is -0.378 e. The summed E-state index contributed by atoms with van der Waals surface area (Å²) < 4.78 is 14.1. The Labute approximate surface area is 147 Å². The molecule has 1 saturated heterocycles. The van der Waals surface area contributed by atoms with Gasteiger partial charge in [-0.2, -0.15) is 0 Å². The molecule has 126 valence electrons. The Balaban J connectivity index is 1.66. The van der Waals surface area contributed by atoms with Crippen LogP contribution in [-0.4, -0.2) is 23.1 Å². The van der Waals surface area contributed by atoms with Crippen LogP contribution in [0.25, 0.3) is 0 Å². The van der Waals surface area contributed by atoms with Crippen molar-refractivity contribution in [1.82, 2.24) is 0 Å². The molecule has 2 amide bonds. The monoisotopic (exact) mass is 358 g/mol. The predicted molar refractivity (Wildman–Crippen MR) is 89.9 cm³/mol. The average Bonchev–Trinajstić information content (AvgIpc) is 3.10. The number of halogens is 2. The van der Waals surface area contributed by atoms with Gasteiger partial charge in [-0.3, -0.25) is 9.59 Å². The molecule has 5 nitrogen and oxygen atoms in total. The SMILES string of the molecule is O=C1C[C@@]2(CC(c3c(F)cccc3Cl)=NO2)C(=O)N1c1ccccc1. The van der Waals surface area contributed by atoms with E-state index in [2.05, 4.69) is 5.16 Å². The first kappa shape index (κ1) is 15.8. The minimum atomic E-state index is -1.44. The maximum atomic E-state index is 14.1. The quantitative estimate of drug-likeness (QED) is 0.774. The number of benzene rings is 2. The van der Waals surface area contributed by atoms with Gasteiger partial charge in [0.25, 0.3) is 5.91 Å². The second-order valence-corrected chi connectivity index (χ2v) is 6.35. The summed E-state index contributed by atoms with van der Waals surface area (Å²) in [5.41, 5.74) is -0.651.